The minimum atomic E-state index is -1.04. The first-order chi connectivity index (χ1) is 12.5. The van der Waals surface area contributed by atoms with E-state index in [1.807, 2.05) is 0 Å². The predicted octanol–water partition coefficient (Wildman–Crippen LogP) is 3.18. The molecule has 3 rings (SSSR count). The molecule has 0 bridgehead atoms. The Bertz CT molecular complexity index is 853. The number of carbonyl (C=O) groups is 1. The molecule has 0 aliphatic carbocycles. The SMILES string of the molecule is C/C(=N/OCC(=O)OCc1cccc(F)c1F)c1ccc2c(c1)OCO2. The highest BCUT2D eigenvalue weighted by molar-refractivity contribution is 5.99. The molecule has 26 heavy (non-hydrogen) atoms. The van der Waals surface area contributed by atoms with Crippen molar-refractivity contribution in [2.75, 3.05) is 13.4 Å². The Hall–Kier alpha value is -3.16. The molecule has 0 unspecified atom stereocenters. The van der Waals surface area contributed by atoms with Crippen molar-refractivity contribution in [1.29, 1.82) is 0 Å². The number of nitrogens with zero attached hydrogens (tertiary/aromatic N) is 1. The van der Waals surface area contributed by atoms with E-state index in [0.29, 0.717) is 17.2 Å². The summed E-state index contributed by atoms with van der Waals surface area (Å²) in [6.45, 7) is 1.02. The van der Waals surface area contributed by atoms with E-state index in [9.17, 15) is 13.6 Å². The van der Waals surface area contributed by atoms with Crippen LogP contribution in [0.5, 0.6) is 11.5 Å². The molecule has 0 saturated heterocycles. The quantitative estimate of drug-likeness (QED) is 0.448. The van der Waals surface area contributed by atoms with Gasteiger partial charge in [0.15, 0.2) is 23.1 Å². The van der Waals surface area contributed by atoms with Gasteiger partial charge in [-0.1, -0.05) is 17.3 Å². The van der Waals surface area contributed by atoms with Gasteiger partial charge >= 0.3 is 5.97 Å². The van der Waals surface area contributed by atoms with Gasteiger partial charge in [0.25, 0.3) is 0 Å². The molecule has 0 atom stereocenters. The van der Waals surface area contributed by atoms with Crippen LogP contribution in [0.3, 0.4) is 0 Å². The second-order valence-corrected chi connectivity index (χ2v) is 5.39. The van der Waals surface area contributed by atoms with Crippen LogP contribution in [-0.2, 0) is 21.0 Å². The summed E-state index contributed by atoms with van der Waals surface area (Å²) in [5.41, 5.74) is 1.20. The number of oxime groups is 1. The monoisotopic (exact) mass is 363 g/mol. The zero-order valence-electron chi connectivity index (χ0n) is 13.8. The molecule has 2 aromatic rings. The number of hydrogen-bond acceptors (Lipinski definition) is 6. The Morgan fingerprint density at radius 3 is 2.85 bits per heavy atom. The zero-order chi connectivity index (χ0) is 18.5. The zero-order valence-corrected chi connectivity index (χ0v) is 13.8. The Balaban J connectivity index is 1.49. The maximum atomic E-state index is 13.5. The van der Waals surface area contributed by atoms with Crippen LogP contribution in [0.4, 0.5) is 8.78 Å². The van der Waals surface area contributed by atoms with E-state index in [4.69, 9.17) is 19.0 Å². The number of fused-ring (bicyclic) bond motifs is 1. The van der Waals surface area contributed by atoms with Gasteiger partial charge in [0.1, 0.15) is 6.61 Å². The maximum absolute atomic E-state index is 13.5. The minimum Gasteiger partial charge on any atom is -0.458 e. The third kappa shape index (κ3) is 4.08. The first-order valence-electron chi connectivity index (χ1n) is 7.69. The summed E-state index contributed by atoms with van der Waals surface area (Å²) in [7, 11) is 0. The van der Waals surface area contributed by atoms with Gasteiger partial charge in [-0.3, -0.25) is 0 Å². The molecule has 8 heteroatoms. The molecule has 136 valence electrons. The molecule has 1 aliphatic heterocycles. The van der Waals surface area contributed by atoms with Crippen LogP contribution < -0.4 is 9.47 Å². The molecule has 1 aliphatic rings. The second kappa shape index (κ2) is 7.81. The summed E-state index contributed by atoms with van der Waals surface area (Å²) < 4.78 is 41.8. The van der Waals surface area contributed by atoms with Crippen molar-refractivity contribution in [3.05, 3.63) is 59.2 Å². The smallest absolute Gasteiger partial charge is 0.347 e. The highest BCUT2D eigenvalue weighted by atomic mass is 19.2. The second-order valence-electron chi connectivity index (χ2n) is 5.39. The highest BCUT2D eigenvalue weighted by Crippen LogP contribution is 2.32. The van der Waals surface area contributed by atoms with E-state index in [-0.39, 0.29) is 12.4 Å². The molecule has 0 fully saturated rings. The van der Waals surface area contributed by atoms with Crippen LogP contribution in [0.15, 0.2) is 41.6 Å². The molecule has 6 nitrogen and oxygen atoms in total. The number of carbonyl (C=O) groups excluding carboxylic acids is 1. The first-order valence-corrected chi connectivity index (χ1v) is 7.69. The summed E-state index contributed by atoms with van der Waals surface area (Å²) >= 11 is 0. The summed E-state index contributed by atoms with van der Waals surface area (Å²) in [6, 6.07) is 8.91. The van der Waals surface area contributed by atoms with Gasteiger partial charge in [-0.2, -0.15) is 0 Å². The third-order valence-electron chi connectivity index (χ3n) is 3.59. The molecule has 0 N–H and O–H groups in total. The topological polar surface area (TPSA) is 66.4 Å². The Morgan fingerprint density at radius 1 is 1.19 bits per heavy atom. The number of benzene rings is 2. The van der Waals surface area contributed by atoms with Crippen LogP contribution in [0.2, 0.25) is 0 Å². The Labute approximate surface area is 147 Å². The maximum Gasteiger partial charge on any atom is 0.347 e. The van der Waals surface area contributed by atoms with Crippen molar-refractivity contribution < 1.29 is 32.6 Å². The number of hydrogen-bond donors (Lipinski definition) is 0. The van der Waals surface area contributed by atoms with Gasteiger partial charge in [0, 0.05) is 11.1 Å². The standard InChI is InChI=1S/C18H15F2NO5/c1-11(12-5-6-15-16(7-12)25-10-24-15)21-26-9-17(22)23-8-13-3-2-4-14(19)18(13)20/h2-7H,8-10H2,1H3/b21-11-. The molecule has 0 spiro atoms. The van der Waals surface area contributed by atoms with Crippen molar-refractivity contribution in [3.63, 3.8) is 0 Å². The molecule has 0 radical (unpaired) electrons. The molecule has 2 aromatic carbocycles. The van der Waals surface area contributed by atoms with E-state index in [2.05, 4.69) is 5.16 Å². The summed E-state index contributed by atoms with van der Waals surface area (Å²) in [5.74, 6) is -1.54. The normalized spacial score (nSPS) is 12.8. The van der Waals surface area contributed by atoms with Crippen LogP contribution >= 0.6 is 0 Å². The molecular weight excluding hydrogens is 348 g/mol. The lowest BCUT2D eigenvalue weighted by Crippen LogP contribution is -2.12. The fourth-order valence-electron chi connectivity index (χ4n) is 2.22. The third-order valence-corrected chi connectivity index (χ3v) is 3.59. The summed E-state index contributed by atoms with van der Waals surface area (Å²) in [4.78, 5) is 16.6. The van der Waals surface area contributed by atoms with E-state index in [0.717, 1.165) is 11.6 Å². The summed E-state index contributed by atoms with van der Waals surface area (Å²) in [5, 5.41) is 3.83. The van der Waals surface area contributed by atoms with E-state index in [1.165, 1.54) is 12.1 Å². The minimum absolute atomic E-state index is 0.0570. The summed E-state index contributed by atoms with van der Waals surface area (Å²) in [6.07, 6.45) is 0. The van der Waals surface area contributed by atoms with Gasteiger partial charge in [-0.15, -0.1) is 0 Å². The fraction of sp³-hybridized carbons (Fsp3) is 0.222. The fourth-order valence-corrected chi connectivity index (χ4v) is 2.22. The number of rotatable bonds is 6. The van der Waals surface area contributed by atoms with Crippen molar-refractivity contribution >= 4 is 11.7 Å². The predicted molar refractivity (Wildman–Crippen MR) is 86.9 cm³/mol. The van der Waals surface area contributed by atoms with Gasteiger partial charge in [0.2, 0.25) is 13.4 Å². The van der Waals surface area contributed by atoms with Crippen LogP contribution in [0.1, 0.15) is 18.1 Å². The lowest BCUT2D eigenvalue weighted by atomic mass is 10.1. The molecule has 1 heterocycles. The number of ether oxygens (including phenoxy) is 3. The Morgan fingerprint density at radius 2 is 2.00 bits per heavy atom. The molecule has 0 amide bonds. The van der Waals surface area contributed by atoms with Gasteiger partial charge in [-0.05, 0) is 31.2 Å². The van der Waals surface area contributed by atoms with E-state index in [1.54, 1.807) is 25.1 Å². The molecular formula is C18H15F2NO5. The van der Waals surface area contributed by atoms with Crippen molar-refractivity contribution in [1.82, 2.24) is 0 Å². The lowest BCUT2D eigenvalue weighted by molar-refractivity contribution is -0.150. The molecule has 0 aromatic heterocycles. The number of esters is 1. The largest absolute Gasteiger partial charge is 0.458 e. The van der Waals surface area contributed by atoms with E-state index >= 15 is 0 Å². The average molecular weight is 363 g/mol. The Kier molecular flexibility index (Phi) is 5.31. The molecule has 0 saturated carbocycles. The van der Waals surface area contributed by atoms with E-state index < -0.39 is 30.8 Å². The lowest BCUT2D eigenvalue weighted by Gasteiger charge is -2.06. The number of halogens is 2. The van der Waals surface area contributed by atoms with Gasteiger partial charge in [-0.25, -0.2) is 13.6 Å². The van der Waals surface area contributed by atoms with Crippen molar-refractivity contribution in [3.8, 4) is 11.5 Å². The van der Waals surface area contributed by atoms with Crippen molar-refractivity contribution in [2.24, 2.45) is 5.16 Å². The van der Waals surface area contributed by atoms with Gasteiger partial charge < -0.3 is 19.0 Å². The first kappa shape index (κ1) is 17.7. The average Bonchev–Trinajstić information content (AvgIpc) is 3.10. The van der Waals surface area contributed by atoms with Crippen LogP contribution in [0.25, 0.3) is 0 Å². The highest BCUT2D eigenvalue weighted by Gasteiger charge is 2.14. The van der Waals surface area contributed by atoms with Crippen LogP contribution in [0, 0.1) is 11.6 Å². The van der Waals surface area contributed by atoms with Crippen LogP contribution in [-0.4, -0.2) is 25.1 Å². The van der Waals surface area contributed by atoms with Crippen molar-refractivity contribution in [2.45, 2.75) is 13.5 Å². The van der Waals surface area contributed by atoms with Gasteiger partial charge in [0.05, 0.1) is 5.71 Å².